The number of aromatic nitrogens is 4. The highest BCUT2D eigenvalue weighted by Gasteiger charge is 2.47. The van der Waals surface area contributed by atoms with E-state index in [0.29, 0.717) is 38.3 Å². The molecule has 5 unspecified atom stereocenters. The first-order valence-corrected chi connectivity index (χ1v) is 28.8. The van der Waals surface area contributed by atoms with Crippen LogP contribution in [0.25, 0.3) is 22.5 Å². The fourth-order valence-corrected chi connectivity index (χ4v) is 11.7. The SMILES string of the molecule is CC1=C2C(c3ccc(C)cc3)=CC(CC(=O)Cc3ccc(OCCCCCCCCCCCCC(=O)NC(C(=O)C4CC(O)C[C@H]4C(=O)NCc4ccc(-c5[nH]ccc5C)cc4)C(C)(C)C)cc3)c3nnc(C)n3C2=CC1C. The number of nitrogens with one attached hydrogen (secondary N) is 3. The summed E-state index contributed by atoms with van der Waals surface area (Å²) in [5.41, 5.74) is 11.8. The number of ketones is 2. The Bertz CT molecular complexity index is 2970. The zero-order chi connectivity index (χ0) is 55.5. The zero-order valence-electron chi connectivity index (χ0n) is 47.6. The number of amides is 2. The van der Waals surface area contributed by atoms with Crippen molar-refractivity contribution in [1.82, 2.24) is 30.4 Å². The molecule has 414 valence electrons. The Kier molecular flexibility index (Phi) is 19.4. The highest BCUT2D eigenvalue weighted by molar-refractivity contribution is 5.98. The molecule has 2 amide bonds. The number of rotatable bonds is 26. The van der Waals surface area contributed by atoms with Crippen LogP contribution in [0.1, 0.15) is 170 Å². The molecule has 0 spiro atoms. The summed E-state index contributed by atoms with van der Waals surface area (Å²) in [5, 5.41) is 25.8. The van der Waals surface area contributed by atoms with Gasteiger partial charge in [0.2, 0.25) is 11.8 Å². The maximum atomic E-state index is 14.1. The van der Waals surface area contributed by atoms with E-state index in [1.165, 1.54) is 42.4 Å². The fraction of sp³-hybridized carbons (Fsp3) is 0.485. The molecule has 0 radical (unpaired) electrons. The van der Waals surface area contributed by atoms with Crippen LogP contribution in [0, 0.1) is 43.9 Å². The molecule has 1 fully saturated rings. The summed E-state index contributed by atoms with van der Waals surface area (Å²) in [6.45, 7) is 17.4. The number of allylic oxidation sites excluding steroid dienone is 6. The Hall–Kier alpha value is -6.66. The van der Waals surface area contributed by atoms with E-state index < -0.39 is 29.4 Å². The van der Waals surface area contributed by atoms with E-state index in [9.17, 15) is 24.3 Å². The van der Waals surface area contributed by atoms with Crippen molar-refractivity contribution < 1.29 is 29.0 Å². The monoisotopic (exact) mass is 1060 g/mol. The Morgan fingerprint density at radius 1 is 0.756 bits per heavy atom. The minimum absolute atomic E-state index is 0.147. The van der Waals surface area contributed by atoms with Crippen molar-refractivity contribution in [3.8, 4) is 17.0 Å². The van der Waals surface area contributed by atoms with Crippen molar-refractivity contribution in [2.24, 2.45) is 23.2 Å². The summed E-state index contributed by atoms with van der Waals surface area (Å²) in [6, 6.07) is 25.9. The lowest BCUT2D eigenvalue weighted by Gasteiger charge is -2.33. The number of aliphatic hydroxyl groups excluding tert-OH is 1. The van der Waals surface area contributed by atoms with E-state index in [4.69, 9.17) is 4.74 Å². The van der Waals surface area contributed by atoms with Gasteiger partial charge in [0, 0.05) is 55.1 Å². The highest BCUT2D eigenvalue weighted by atomic mass is 16.5. The van der Waals surface area contributed by atoms with E-state index in [0.717, 1.165) is 101 Å². The maximum Gasteiger partial charge on any atom is 0.224 e. The number of aryl methyl sites for hydroxylation is 3. The number of H-pyrrole nitrogens is 1. The van der Waals surface area contributed by atoms with E-state index in [2.05, 4.69) is 94.5 Å². The first kappa shape index (κ1) is 57.5. The predicted molar refractivity (Wildman–Crippen MR) is 310 cm³/mol. The molecule has 1 aliphatic heterocycles. The third-order valence-corrected chi connectivity index (χ3v) is 16.4. The Morgan fingerprint density at radius 2 is 1.38 bits per heavy atom. The number of carbonyl (C=O) groups is 4. The van der Waals surface area contributed by atoms with Gasteiger partial charge >= 0.3 is 0 Å². The van der Waals surface area contributed by atoms with E-state index in [1.807, 2.05) is 88.5 Å². The summed E-state index contributed by atoms with van der Waals surface area (Å²) in [4.78, 5) is 57.9. The number of aliphatic hydroxyl groups is 1. The van der Waals surface area contributed by atoms with Crippen LogP contribution >= 0.6 is 0 Å². The lowest BCUT2D eigenvalue weighted by atomic mass is 9.77. The first-order valence-electron chi connectivity index (χ1n) is 28.8. The number of hydrogen-bond donors (Lipinski definition) is 4. The Morgan fingerprint density at radius 3 is 2.04 bits per heavy atom. The number of aromatic amines is 1. The molecule has 12 heteroatoms. The van der Waals surface area contributed by atoms with Gasteiger partial charge in [-0.2, -0.15) is 0 Å². The Balaban J connectivity index is 0.684. The second-order valence-electron chi connectivity index (χ2n) is 23.6. The summed E-state index contributed by atoms with van der Waals surface area (Å²) < 4.78 is 8.25. The van der Waals surface area contributed by atoms with Gasteiger partial charge in [-0.15, -0.1) is 10.2 Å². The number of Topliss-reactive ketones (excluding diaryl/α,β-unsaturated/α-hetero) is 2. The quantitative estimate of drug-likeness (QED) is 0.0397. The van der Waals surface area contributed by atoms with Crippen LogP contribution in [-0.2, 0) is 32.1 Å². The van der Waals surface area contributed by atoms with Crippen LogP contribution in [0.3, 0.4) is 0 Å². The molecule has 6 atom stereocenters. The number of hydrogen-bond acceptors (Lipinski definition) is 8. The van der Waals surface area contributed by atoms with Crippen LogP contribution in [0.15, 0.2) is 108 Å². The first-order chi connectivity index (χ1) is 37.4. The summed E-state index contributed by atoms with van der Waals surface area (Å²) in [7, 11) is 0. The third-order valence-electron chi connectivity index (χ3n) is 16.4. The van der Waals surface area contributed by atoms with E-state index in [1.54, 1.807) is 0 Å². The normalized spacial score (nSPS) is 19.4. The van der Waals surface area contributed by atoms with Crippen LogP contribution in [-0.4, -0.2) is 67.0 Å². The molecule has 12 nitrogen and oxygen atoms in total. The van der Waals surface area contributed by atoms with Crippen molar-refractivity contribution in [3.05, 3.63) is 148 Å². The van der Waals surface area contributed by atoms with E-state index >= 15 is 0 Å². The molecule has 8 rings (SSSR count). The lowest BCUT2D eigenvalue weighted by Crippen LogP contribution is -2.52. The van der Waals surface area contributed by atoms with Gasteiger partial charge in [-0.3, -0.25) is 23.7 Å². The number of carbonyl (C=O) groups excluding carboxylic acids is 4. The molecular formula is C66H84N6O6. The average molecular weight is 1060 g/mol. The predicted octanol–water partition coefficient (Wildman–Crippen LogP) is 12.9. The topological polar surface area (TPSA) is 168 Å². The van der Waals surface area contributed by atoms with Crippen molar-refractivity contribution in [3.63, 3.8) is 0 Å². The second-order valence-corrected chi connectivity index (χ2v) is 23.6. The smallest absolute Gasteiger partial charge is 0.224 e. The number of fused-ring (bicyclic) bond motifs is 3. The standard InChI is InChI=1S/C66H84N6O6/c1-42-20-26-49(27-21-42)55-38-51(64-71-70-46(5)72(64)58-35-44(3)45(4)60(55)58)37-52(73)36-47-24-30-54(31-25-47)78-34-18-16-14-12-10-9-11-13-15-17-19-59(75)69-63(66(6,7)8)62(76)56-39-53(74)40-57(56)65(77)68-41-48-22-28-50(29-23-48)61-43(2)32-33-67-61/h20-33,35,38,44,51,53,56-57,63,67,74H,9-19,34,36-37,39-41H2,1-8H3,(H,68,77)(H,69,75)/t44?,51?,53?,56?,57-,63?/m1/s1. The van der Waals surface area contributed by atoms with Gasteiger partial charge in [0.25, 0.3) is 0 Å². The van der Waals surface area contributed by atoms with Crippen LogP contribution in [0.2, 0.25) is 0 Å². The summed E-state index contributed by atoms with van der Waals surface area (Å²) >= 11 is 0. The summed E-state index contributed by atoms with van der Waals surface area (Å²) in [6.07, 6.45) is 17.9. The van der Waals surface area contributed by atoms with Crippen molar-refractivity contribution in [2.45, 2.75) is 176 Å². The molecule has 5 aromatic rings. The number of benzene rings is 3. The maximum absolute atomic E-state index is 14.1. The molecule has 1 saturated carbocycles. The summed E-state index contributed by atoms with van der Waals surface area (Å²) in [5.74, 6) is 0.787. The Labute approximate surface area is 463 Å². The lowest BCUT2D eigenvalue weighted by molar-refractivity contribution is -0.137. The molecule has 3 heterocycles. The fourth-order valence-electron chi connectivity index (χ4n) is 11.7. The molecule has 3 aromatic carbocycles. The van der Waals surface area contributed by atoms with Gasteiger partial charge in [0.1, 0.15) is 23.2 Å². The largest absolute Gasteiger partial charge is 0.494 e. The molecule has 4 N–H and O–H groups in total. The van der Waals surface area contributed by atoms with Gasteiger partial charge in [0.15, 0.2) is 5.78 Å². The molecule has 0 bridgehead atoms. The molecule has 0 saturated heterocycles. The van der Waals surface area contributed by atoms with Gasteiger partial charge in [-0.05, 0) is 116 Å². The van der Waals surface area contributed by atoms with E-state index in [-0.39, 0.29) is 42.1 Å². The van der Waals surface area contributed by atoms with Gasteiger partial charge in [-0.25, -0.2) is 0 Å². The second kappa shape index (κ2) is 26.3. The molecular weight excluding hydrogens is 973 g/mol. The average Bonchev–Trinajstić information content (AvgIpc) is 4.33. The number of ether oxygens (including phenoxy) is 1. The third kappa shape index (κ3) is 14.5. The van der Waals surface area contributed by atoms with Crippen LogP contribution < -0.4 is 15.4 Å². The minimum atomic E-state index is -0.761. The highest BCUT2D eigenvalue weighted by Crippen LogP contribution is 2.47. The van der Waals surface area contributed by atoms with Crippen molar-refractivity contribution >= 4 is 34.7 Å². The van der Waals surface area contributed by atoms with Crippen LogP contribution in [0.5, 0.6) is 5.75 Å². The minimum Gasteiger partial charge on any atom is -0.494 e. The van der Waals surface area contributed by atoms with Gasteiger partial charge in [-0.1, -0.05) is 163 Å². The molecule has 2 aromatic heterocycles. The molecule has 78 heavy (non-hydrogen) atoms. The zero-order valence-corrected chi connectivity index (χ0v) is 47.6. The number of unbranched alkanes of at least 4 members (excludes halogenated alkanes) is 9. The molecule has 3 aliphatic rings. The van der Waals surface area contributed by atoms with Crippen molar-refractivity contribution in [2.75, 3.05) is 6.61 Å². The van der Waals surface area contributed by atoms with Crippen LogP contribution in [0.4, 0.5) is 0 Å². The van der Waals surface area contributed by atoms with Gasteiger partial charge in [0.05, 0.1) is 30.4 Å². The van der Waals surface area contributed by atoms with Gasteiger partial charge < -0.3 is 25.5 Å². The van der Waals surface area contributed by atoms with Crippen molar-refractivity contribution in [1.29, 1.82) is 0 Å². The molecule has 2 aliphatic carbocycles. The number of nitrogens with zero attached hydrogens (tertiary/aromatic N) is 3.